The average Bonchev–Trinajstić information content (AvgIpc) is 3.32. The number of carbonyl (C=O) groups is 2. The minimum atomic E-state index is -0.769. The maximum Gasteiger partial charge on any atom is 0.240 e. The highest BCUT2D eigenvalue weighted by Gasteiger charge is 2.19. The highest BCUT2D eigenvalue weighted by Crippen LogP contribution is 2.26. The van der Waals surface area contributed by atoms with E-state index in [4.69, 9.17) is 16.2 Å². The van der Waals surface area contributed by atoms with E-state index in [1.165, 1.54) is 0 Å². The van der Waals surface area contributed by atoms with Gasteiger partial charge in [-0.1, -0.05) is 30.3 Å². The lowest BCUT2D eigenvalue weighted by atomic mass is 10.1. The third-order valence-electron chi connectivity index (χ3n) is 5.53. The second-order valence-corrected chi connectivity index (χ2v) is 8.28. The highest BCUT2D eigenvalue weighted by atomic mass is 16.5. The molecule has 0 fully saturated rings. The van der Waals surface area contributed by atoms with Crippen LogP contribution in [0.5, 0.6) is 5.88 Å². The van der Waals surface area contributed by atoms with E-state index in [2.05, 4.69) is 15.4 Å². The van der Waals surface area contributed by atoms with E-state index in [9.17, 15) is 9.59 Å². The molecule has 0 unspecified atom stereocenters. The Hall–Kier alpha value is -4.66. The number of nitrogen functional groups attached to an aromatic ring is 1. The minimum absolute atomic E-state index is 0.185. The van der Waals surface area contributed by atoms with Gasteiger partial charge in [-0.3, -0.25) is 14.6 Å². The number of primary amides is 1. The zero-order chi connectivity index (χ0) is 25.3. The van der Waals surface area contributed by atoms with Crippen LogP contribution in [-0.4, -0.2) is 39.2 Å². The Morgan fingerprint density at radius 3 is 2.50 bits per heavy atom. The van der Waals surface area contributed by atoms with Crippen molar-refractivity contribution >= 4 is 17.5 Å². The molecule has 5 N–H and O–H groups in total. The van der Waals surface area contributed by atoms with E-state index in [0.717, 1.165) is 16.8 Å². The molecule has 4 rings (SSSR count). The number of amides is 2. The van der Waals surface area contributed by atoms with Crippen molar-refractivity contribution in [2.75, 3.05) is 12.3 Å². The van der Waals surface area contributed by atoms with Gasteiger partial charge in [-0.15, -0.1) is 0 Å². The zero-order valence-corrected chi connectivity index (χ0v) is 19.7. The van der Waals surface area contributed by atoms with Gasteiger partial charge in [-0.2, -0.15) is 5.10 Å². The fraction of sp³-hybridized carbons (Fsp3) is 0.185. The van der Waals surface area contributed by atoms with E-state index in [0.29, 0.717) is 30.1 Å². The van der Waals surface area contributed by atoms with Gasteiger partial charge in [0.15, 0.2) is 0 Å². The quantitative estimate of drug-likeness (QED) is 0.221. The van der Waals surface area contributed by atoms with Crippen LogP contribution in [0.3, 0.4) is 0 Å². The molecule has 9 heteroatoms. The van der Waals surface area contributed by atoms with Crippen molar-refractivity contribution < 1.29 is 14.3 Å². The van der Waals surface area contributed by atoms with Crippen LogP contribution < -0.4 is 21.5 Å². The predicted molar refractivity (Wildman–Crippen MR) is 137 cm³/mol. The molecular weight excluding hydrogens is 456 g/mol. The van der Waals surface area contributed by atoms with Gasteiger partial charge in [-0.05, 0) is 48.4 Å². The van der Waals surface area contributed by atoms with Crippen molar-refractivity contribution in [3.05, 3.63) is 90.8 Å². The van der Waals surface area contributed by atoms with Crippen molar-refractivity contribution in [2.24, 2.45) is 5.73 Å². The summed E-state index contributed by atoms with van der Waals surface area (Å²) in [7, 11) is 0. The molecule has 0 saturated heterocycles. The molecule has 36 heavy (non-hydrogen) atoms. The van der Waals surface area contributed by atoms with Gasteiger partial charge >= 0.3 is 0 Å². The third-order valence-corrected chi connectivity index (χ3v) is 5.53. The van der Waals surface area contributed by atoms with E-state index in [-0.39, 0.29) is 18.9 Å². The largest absolute Gasteiger partial charge is 0.478 e. The molecule has 9 nitrogen and oxygen atoms in total. The number of pyridine rings is 1. The summed E-state index contributed by atoms with van der Waals surface area (Å²) in [4.78, 5) is 28.4. The molecule has 2 amide bonds. The Labute approximate surface area is 209 Å². The summed E-state index contributed by atoms with van der Waals surface area (Å²) < 4.78 is 7.68. The lowest BCUT2D eigenvalue weighted by Crippen LogP contribution is -2.45. The Bertz CT molecular complexity index is 1290. The van der Waals surface area contributed by atoms with Crippen LogP contribution in [0.2, 0.25) is 0 Å². The summed E-state index contributed by atoms with van der Waals surface area (Å²) in [6.45, 7) is 0.278. The first-order valence-electron chi connectivity index (χ1n) is 11.6. The van der Waals surface area contributed by atoms with Gasteiger partial charge in [0.1, 0.15) is 6.04 Å². The molecule has 0 aliphatic rings. The molecule has 2 aromatic heterocycles. The maximum atomic E-state index is 12.5. The summed E-state index contributed by atoms with van der Waals surface area (Å²) in [5, 5.41) is 7.40. The van der Waals surface area contributed by atoms with Crippen LogP contribution >= 0.6 is 0 Å². The number of hydrogen-bond acceptors (Lipinski definition) is 6. The molecule has 0 radical (unpaired) electrons. The van der Waals surface area contributed by atoms with Gasteiger partial charge in [-0.25, -0.2) is 4.68 Å². The number of aromatic nitrogens is 3. The molecule has 4 aromatic rings. The minimum Gasteiger partial charge on any atom is -0.478 e. The lowest BCUT2D eigenvalue weighted by Gasteiger charge is -2.15. The standard InChI is InChI=1S/C27H28N6O3/c28-21-10-12-22(13-11-21)33-26(17-23(32-33)20-8-4-14-30-18-20)36-15-5-9-25(34)31-24(27(29)35)16-19-6-2-1-3-7-19/h1-4,6-8,10-14,17-18,24H,5,9,15-16,28H2,(H2,29,35)(H,31,34)/t24-/m0/s1. The monoisotopic (exact) mass is 484 g/mol. The van der Waals surface area contributed by atoms with Crippen LogP contribution in [0, 0.1) is 0 Å². The average molecular weight is 485 g/mol. The fourth-order valence-electron chi connectivity index (χ4n) is 3.67. The summed E-state index contributed by atoms with van der Waals surface area (Å²) in [6.07, 6.45) is 4.40. The maximum absolute atomic E-state index is 12.5. The van der Waals surface area contributed by atoms with Crippen molar-refractivity contribution in [1.82, 2.24) is 20.1 Å². The smallest absolute Gasteiger partial charge is 0.240 e. The highest BCUT2D eigenvalue weighted by molar-refractivity contribution is 5.86. The topological polar surface area (TPSA) is 138 Å². The second-order valence-electron chi connectivity index (χ2n) is 8.28. The molecule has 2 heterocycles. The van der Waals surface area contributed by atoms with Gasteiger partial charge in [0.2, 0.25) is 17.7 Å². The number of hydrogen-bond donors (Lipinski definition) is 3. The van der Waals surface area contributed by atoms with Crippen LogP contribution in [0.1, 0.15) is 18.4 Å². The Balaban J connectivity index is 1.37. The molecule has 0 aliphatic carbocycles. The van der Waals surface area contributed by atoms with E-state index in [1.54, 1.807) is 29.2 Å². The second kappa shape index (κ2) is 11.7. The van der Waals surface area contributed by atoms with E-state index < -0.39 is 11.9 Å². The first-order chi connectivity index (χ1) is 17.5. The lowest BCUT2D eigenvalue weighted by molar-refractivity contribution is -0.127. The number of nitrogens with one attached hydrogen (secondary N) is 1. The number of carbonyl (C=O) groups excluding carboxylic acids is 2. The molecular formula is C27H28N6O3. The molecule has 0 aliphatic heterocycles. The molecule has 1 atom stereocenters. The van der Waals surface area contributed by atoms with Crippen molar-refractivity contribution in [3.8, 4) is 22.8 Å². The van der Waals surface area contributed by atoms with Gasteiger partial charge in [0, 0.05) is 42.6 Å². The zero-order valence-electron chi connectivity index (χ0n) is 19.7. The fourth-order valence-corrected chi connectivity index (χ4v) is 3.67. The SMILES string of the molecule is NC(=O)[C@H](Cc1ccccc1)NC(=O)CCCOc1cc(-c2cccnc2)nn1-c1ccc(N)cc1. The summed E-state index contributed by atoms with van der Waals surface area (Å²) in [5.41, 5.74) is 15.2. The molecule has 0 bridgehead atoms. The van der Waals surface area contributed by atoms with Crippen molar-refractivity contribution in [3.63, 3.8) is 0 Å². The first kappa shape index (κ1) is 24.5. The van der Waals surface area contributed by atoms with Crippen LogP contribution in [0.15, 0.2) is 85.2 Å². The molecule has 0 spiro atoms. The van der Waals surface area contributed by atoms with E-state index in [1.807, 2.05) is 60.7 Å². The van der Waals surface area contributed by atoms with E-state index >= 15 is 0 Å². The normalized spacial score (nSPS) is 11.6. The molecule has 2 aromatic carbocycles. The van der Waals surface area contributed by atoms with Crippen LogP contribution in [-0.2, 0) is 16.0 Å². The Morgan fingerprint density at radius 1 is 1.03 bits per heavy atom. The summed E-state index contributed by atoms with van der Waals surface area (Å²) >= 11 is 0. The number of rotatable bonds is 11. The van der Waals surface area contributed by atoms with Crippen LogP contribution in [0.4, 0.5) is 5.69 Å². The van der Waals surface area contributed by atoms with Crippen molar-refractivity contribution in [1.29, 1.82) is 0 Å². The van der Waals surface area contributed by atoms with Crippen molar-refractivity contribution in [2.45, 2.75) is 25.3 Å². The first-order valence-corrected chi connectivity index (χ1v) is 11.6. The van der Waals surface area contributed by atoms with Gasteiger partial charge < -0.3 is 21.5 Å². The number of benzene rings is 2. The van der Waals surface area contributed by atoms with Gasteiger partial charge in [0.25, 0.3) is 0 Å². The molecule has 184 valence electrons. The molecule has 0 saturated carbocycles. The number of ether oxygens (including phenoxy) is 1. The summed E-state index contributed by atoms with van der Waals surface area (Å²) in [6, 6.07) is 21.5. The number of nitrogens with zero attached hydrogens (tertiary/aromatic N) is 3. The van der Waals surface area contributed by atoms with Crippen LogP contribution in [0.25, 0.3) is 16.9 Å². The van der Waals surface area contributed by atoms with Gasteiger partial charge in [0.05, 0.1) is 18.0 Å². The number of anilines is 1. The third kappa shape index (κ3) is 6.47. The predicted octanol–water partition coefficient (Wildman–Crippen LogP) is 2.89. The Morgan fingerprint density at radius 2 is 1.81 bits per heavy atom. The Kier molecular flexibility index (Phi) is 7.92. The summed E-state index contributed by atoms with van der Waals surface area (Å²) in [5.74, 6) is -0.307. The number of nitrogens with two attached hydrogens (primary N) is 2.